The molecule has 1 saturated heterocycles. The van der Waals surface area contributed by atoms with Gasteiger partial charge in [0.2, 0.25) is 5.78 Å². The number of carboxylic acid groups (broad SMARTS) is 1. The first-order valence-corrected chi connectivity index (χ1v) is 13.4. The molecule has 2 aromatic heterocycles. The molecule has 2 amide bonds. The molecule has 2 N–H and O–H groups in total. The van der Waals surface area contributed by atoms with Crippen LogP contribution in [0, 0.1) is 25.6 Å². The minimum Gasteiger partial charge on any atom is -0.497 e. The summed E-state index contributed by atoms with van der Waals surface area (Å²) in [4.78, 5) is 43.1. The molecule has 4 aromatic rings. The third-order valence-corrected chi connectivity index (χ3v) is 8.32. The molecule has 1 aliphatic heterocycles. The lowest BCUT2D eigenvalue weighted by Crippen LogP contribution is -2.45. The summed E-state index contributed by atoms with van der Waals surface area (Å²) in [6.07, 6.45) is 0. The summed E-state index contributed by atoms with van der Waals surface area (Å²) in [6.45, 7) is 3.57. The number of aryl methyl sites for hydroxylation is 2. The maximum atomic E-state index is 14.2. The number of aliphatic carboxylic acids is 1. The number of nitrogens with zero attached hydrogens (tertiary/aromatic N) is 1. The molecule has 0 spiro atoms. The third-order valence-electron chi connectivity index (χ3n) is 7.20. The Morgan fingerprint density at radius 1 is 1.00 bits per heavy atom. The van der Waals surface area contributed by atoms with Crippen LogP contribution in [0.4, 0.5) is 14.9 Å². The Balaban J connectivity index is 1.71. The molecule has 3 heterocycles. The number of carbonyl (C=O) groups excluding carboxylic acids is 2. The van der Waals surface area contributed by atoms with E-state index in [9.17, 15) is 23.9 Å². The summed E-state index contributed by atoms with van der Waals surface area (Å²) in [5, 5.41) is 15.1. The molecule has 1 aliphatic rings. The molecule has 2 aromatic carbocycles. The molecular formula is C30H27FN2O6S. The van der Waals surface area contributed by atoms with Crippen LogP contribution in [0.25, 0.3) is 0 Å². The number of anilines is 1. The second-order valence-electron chi connectivity index (χ2n) is 9.64. The molecule has 1 fully saturated rings. The second kappa shape index (κ2) is 11.0. The summed E-state index contributed by atoms with van der Waals surface area (Å²) in [5.41, 5.74) is 1.66. The van der Waals surface area contributed by atoms with Crippen LogP contribution in [0.3, 0.4) is 0 Å². The number of halogens is 1. The van der Waals surface area contributed by atoms with Crippen LogP contribution in [0.15, 0.2) is 76.5 Å². The topological polar surface area (TPSA) is 109 Å². The van der Waals surface area contributed by atoms with Crippen LogP contribution in [-0.2, 0) is 4.79 Å². The van der Waals surface area contributed by atoms with E-state index >= 15 is 0 Å². The van der Waals surface area contributed by atoms with Crippen molar-refractivity contribution in [1.82, 2.24) is 4.90 Å². The Morgan fingerprint density at radius 3 is 2.25 bits per heavy atom. The van der Waals surface area contributed by atoms with Crippen molar-refractivity contribution in [2.75, 3.05) is 12.4 Å². The van der Waals surface area contributed by atoms with Crippen molar-refractivity contribution < 1.29 is 33.0 Å². The van der Waals surface area contributed by atoms with Crippen molar-refractivity contribution in [3.8, 4) is 5.75 Å². The number of nitrogens with one attached hydrogen (secondary N) is 1. The van der Waals surface area contributed by atoms with Gasteiger partial charge in [-0.1, -0.05) is 12.1 Å². The molecule has 8 nitrogen and oxygen atoms in total. The van der Waals surface area contributed by atoms with Gasteiger partial charge < -0.3 is 24.5 Å². The number of Topliss-reactive ketones (excluding diaryl/α,β-unsaturated/α-hetero) is 1. The Labute approximate surface area is 234 Å². The summed E-state index contributed by atoms with van der Waals surface area (Å²) >= 11 is 1.35. The number of carbonyl (C=O) groups is 3. The van der Waals surface area contributed by atoms with Crippen molar-refractivity contribution in [3.63, 3.8) is 0 Å². The minimum absolute atomic E-state index is 0.0881. The highest BCUT2D eigenvalue weighted by molar-refractivity contribution is 7.10. The summed E-state index contributed by atoms with van der Waals surface area (Å²) < 4.78 is 24.5. The van der Waals surface area contributed by atoms with Crippen molar-refractivity contribution in [3.05, 3.63) is 105 Å². The van der Waals surface area contributed by atoms with Gasteiger partial charge in [0, 0.05) is 16.5 Å². The quantitative estimate of drug-likeness (QED) is 0.251. The monoisotopic (exact) mass is 562 g/mol. The number of ether oxygens (including phenoxy) is 1. The van der Waals surface area contributed by atoms with E-state index < -0.39 is 47.5 Å². The maximum absolute atomic E-state index is 14.2. The van der Waals surface area contributed by atoms with Crippen LogP contribution in [0.1, 0.15) is 44.3 Å². The van der Waals surface area contributed by atoms with Gasteiger partial charge in [-0.15, -0.1) is 11.3 Å². The van der Waals surface area contributed by atoms with E-state index in [0.717, 1.165) is 5.56 Å². The number of urea groups is 1. The van der Waals surface area contributed by atoms with E-state index in [1.807, 2.05) is 18.4 Å². The van der Waals surface area contributed by atoms with Crippen LogP contribution in [0.5, 0.6) is 5.75 Å². The van der Waals surface area contributed by atoms with Gasteiger partial charge in [-0.25, -0.2) is 14.0 Å². The van der Waals surface area contributed by atoms with Crippen LogP contribution in [-0.4, -0.2) is 40.9 Å². The fraction of sp³-hybridized carbons (Fsp3) is 0.233. The van der Waals surface area contributed by atoms with E-state index in [1.54, 1.807) is 43.3 Å². The Bertz CT molecular complexity index is 1540. The predicted octanol–water partition coefficient (Wildman–Crippen LogP) is 6.43. The SMILES string of the molecule is COc1ccc(C2C(C(=O)c3ccc(C)o3)C(c3sccc3C)C(C(=O)O)N2C(=O)Nc2ccc(F)cc2)cc1. The number of furan rings is 1. The van der Waals surface area contributed by atoms with Crippen LogP contribution in [0.2, 0.25) is 0 Å². The van der Waals surface area contributed by atoms with Gasteiger partial charge >= 0.3 is 12.0 Å². The van der Waals surface area contributed by atoms with E-state index in [1.165, 1.54) is 47.6 Å². The highest BCUT2D eigenvalue weighted by atomic mass is 32.1. The van der Waals surface area contributed by atoms with Gasteiger partial charge in [0.1, 0.15) is 23.4 Å². The largest absolute Gasteiger partial charge is 0.497 e. The van der Waals surface area contributed by atoms with Crippen molar-refractivity contribution in [1.29, 1.82) is 0 Å². The Hall–Kier alpha value is -4.44. The first-order chi connectivity index (χ1) is 19.2. The van der Waals surface area contributed by atoms with E-state index in [4.69, 9.17) is 9.15 Å². The number of rotatable bonds is 7. The number of ketones is 1. The highest BCUT2D eigenvalue weighted by Gasteiger charge is 2.58. The number of carboxylic acids is 1. The summed E-state index contributed by atoms with van der Waals surface area (Å²) in [7, 11) is 1.52. The smallest absolute Gasteiger partial charge is 0.327 e. The van der Waals surface area contributed by atoms with Gasteiger partial charge in [-0.2, -0.15) is 0 Å². The van der Waals surface area contributed by atoms with Gasteiger partial charge in [0.05, 0.1) is 19.1 Å². The fourth-order valence-corrected chi connectivity index (χ4v) is 6.50. The number of hydrogen-bond acceptors (Lipinski definition) is 6. The molecule has 4 unspecified atom stereocenters. The molecule has 5 rings (SSSR count). The third kappa shape index (κ3) is 4.98. The lowest BCUT2D eigenvalue weighted by Gasteiger charge is -2.30. The number of thiophene rings is 1. The van der Waals surface area contributed by atoms with Gasteiger partial charge in [0.25, 0.3) is 0 Å². The normalized spacial score (nSPS) is 20.4. The van der Waals surface area contributed by atoms with Gasteiger partial charge in [-0.3, -0.25) is 4.79 Å². The fourth-order valence-electron chi connectivity index (χ4n) is 5.40. The maximum Gasteiger partial charge on any atom is 0.327 e. The number of amides is 2. The average molecular weight is 563 g/mol. The zero-order valence-corrected chi connectivity index (χ0v) is 22.8. The van der Waals surface area contributed by atoms with Crippen molar-refractivity contribution >= 4 is 34.8 Å². The van der Waals surface area contributed by atoms with Crippen LogP contribution < -0.4 is 10.1 Å². The zero-order valence-electron chi connectivity index (χ0n) is 22.0. The van der Waals surface area contributed by atoms with Crippen molar-refractivity contribution in [2.24, 2.45) is 5.92 Å². The Morgan fingerprint density at radius 2 is 1.70 bits per heavy atom. The molecule has 0 aliphatic carbocycles. The van der Waals surface area contributed by atoms with E-state index in [-0.39, 0.29) is 11.4 Å². The number of likely N-dealkylation sites (tertiary alicyclic amines) is 1. The zero-order chi connectivity index (χ0) is 28.6. The van der Waals surface area contributed by atoms with Gasteiger partial charge in [0.15, 0.2) is 5.76 Å². The van der Waals surface area contributed by atoms with Gasteiger partial charge in [-0.05, 0) is 85.0 Å². The number of hydrogen-bond donors (Lipinski definition) is 2. The summed E-state index contributed by atoms with van der Waals surface area (Å²) in [6, 6.07) is 14.0. The molecule has 0 radical (unpaired) electrons. The minimum atomic E-state index is -1.39. The molecule has 206 valence electrons. The molecule has 0 saturated carbocycles. The van der Waals surface area contributed by atoms with Crippen LogP contribution >= 0.6 is 11.3 Å². The molecular weight excluding hydrogens is 535 g/mol. The number of methoxy groups -OCH3 is 1. The molecule has 4 atom stereocenters. The van der Waals surface area contributed by atoms with Crippen molar-refractivity contribution in [2.45, 2.75) is 31.8 Å². The highest BCUT2D eigenvalue weighted by Crippen LogP contribution is 2.53. The van der Waals surface area contributed by atoms with E-state index in [0.29, 0.717) is 22.0 Å². The molecule has 40 heavy (non-hydrogen) atoms. The van der Waals surface area contributed by atoms with E-state index in [2.05, 4.69) is 5.32 Å². The standard InChI is InChI=1S/C30H27FN2O6S/c1-16-14-15-40-28(16)24-23(27(34)22-13-4-17(2)39-22)25(18-5-11-21(38-3)12-6-18)33(26(24)29(35)36)30(37)32-20-9-7-19(31)8-10-20/h4-15,23-26H,1-3H3,(H,32,37)(H,35,36). The lowest BCUT2D eigenvalue weighted by atomic mass is 9.79. The Kier molecular flexibility index (Phi) is 7.44. The first kappa shape index (κ1) is 27.1. The molecule has 10 heteroatoms. The summed E-state index contributed by atoms with van der Waals surface area (Å²) in [5.74, 6) is -2.82. The first-order valence-electron chi connectivity index (χ1n) is 12.6. The second-order valence-corrected chi connectivity index (χ2v) is 10.6. The lowest BCUT2D eigenvalue weighted by molar-refractivity contribution is -0.142. The average Bonchev–Trinajstić information content (AvgIpc) is 3.66. The molecule has 0 bridgehead atoms. The predicted molar refractivity (Wildman–Crippen MR) is 147 cm³/mol. The number of benzene rings is 2.